The van der Waals surface area contributed by atoms with Gasteiger partial charge in [0.1, 0.15) is 34.7 Å². The second kappa shape index (κ2) is 30.9. The molecule has 0 spiro atoms. The molecule has 26 heteroatoms. The van der Waals surface area contributed by atoms with Gasteiger partial charge in [0.15, 0.2) is 22.6 Å². The van der Waals surface area contributed by atoms with Crippen molar-refractivity contribution in [2.75, 3.05) is 135 Å². The van der Waals surface area contributed by atoms with Gasteiger partial charge in [0.25, 0.3) is 11.8 Å². The molecular formula is C90H96N24O2. The number of benzene rings is 4. The number of anilines is 4. The molecule has 588 valence electrons. The Kier molecular flexibility index (Phi) is 20.2. The summed E-state index contributed by atoms with van der Waals surface area (Å²) in [5.41, 5.74) is 22.1. The minimum Gasteiger partial charge on any atom is -0.369 e. The Hall–Kier alpha value is -12.7. The maximum Gasteiger partial charge on any atom is 0.255 e. The van der Waals surface area contributed by atoms with E-state index in [0.29, 0.717) is 69.0 Å². The number of imidazole rings is 4. The molecule has 4 aliphatic rings. The van der Waals surface area contributed by atoms with Crippen molar-refractivity contribution in [2.24, 2.45) is 0 Å². The molecule has 0 bridgehead atoms. The maximum absolute atomic E-state index is 13.2. The average Bonchev–Trinajstić information content (AvgIpc) is 1.56. The predicted molar refractivity (Wildman–Crippen MR) is 464 cm³/mol. The molecule has 16 aromatic rings. The number of nitriles is 2. The van der Waals surface area contributed by atoms with Crippen LogP contribution in [0.3, 0.4) is 0 Å². The van der Waals surface area contributed by atoms with Crippen LogP contribution < -0.4 is 30.2 Å². The number of hydrogen-bond acceptors (Lipinski definition) is 20. The number of nitrogens with zero attached hydrogens (tertiary/aromatic N) is 22. The van der Waals surface area contributed by atoms with Gasteiger partial charge in [-0.3, -0.25) is 27.2 Å². The molecule has 16 heterocycles. The van der Waals surface area contributed by atoms with Crippen LogP contribution in [0.4, 0.5) is 22.7 Å². The fourth-order valence-electron chi connectivity index (χ4n) is 17.6. The zero-order valence-electron chi connectivity index (χ0n) is 68.0. The molecule has 0 saturated carbocycles. The fourth-order valence-corrected chi connectivity index (χ4v) is 17.6. The predicted octanol–water partition coefficient (Wildman–Crippen LogP) is 12.6. The van der Waals surface area contributed by atoms with Crippen LogP contribution in [-0.2, 0) is 0 Å². The first-order valence-corrected chi connectivity index (χ1v) is 39.9. The van der Waals surface area contributed by atoms with Crippen molar-refractivity contribution in [3.63, 3.8) is 0 Å². The van der Waals surface area contributed by atoms with Crippen LogP contribution in [0, 0.1) is 36.5 Å². The Balaban J connectivity index is 0.000000111. The van der Waals surface area contributed by atoms with Crippen molar-refractivity contribution >= 4 is 145 Å². The third-order valence-electron chi connectivity index (χ3n) is 23.7. The number of carbonyl (C=O) groups is 2. The molecule has 4 aromatic carbocycles. The number of fused-ring (bicyclic) bond motifs is 20. The lowest BCUT2D eigenvalue weighted by molar-refractivity contribution is 0.0941. The monoisotopic (exact) mass is 1540 g/mol. The van der Waals surface area contributed by atoms with E-state index in [1.54, 1.807) is 7.05 Å². The molecule has 20 rings (SSSR count). The average molecular weight is 1550 g/mol. The molecule has 0 aliphatic carbocycles. The Labute approximate surface area is 672 Å². The van der Waals surface area contributed by atoms with Crippen molar-refractivity contribution in [2.45, 2.75) is 83.6 Å². The Morgan fingerprint density at radius 2 is 0.707 bits per heavy atom. The number of aromatic nitrogens is 12. The van der Waals surface area contributed by atoms with Crippen molar-refractivity contribution in [1.82, 2.24) is 87.7 Å². The summed E-state index contributed by atoms with van der Waals surface area (Å²) < 4.78 is 8.12. The molecule has 0 unspecified atom stereocenters. The number of likely N-dealkylation sites (N-methyl/N-ethyl adjacent to an activating group) is 4. The van der Waals surface area contributed by atoms with Gasteiger partial charge < -0.3 is 49.8 Å². The highest BCUT2D eigenvalue weighted by Crippen LogP contribution is 2.40. The summed E-state index contributed by atoms with van der Waals surface area (Å²) in [5.74, 6) is -0.254. The molecule has 4 aliphatic heterocycles. The highest BCUT2D eigenvalue weighted by Gasteiger charge is 2.33. The van der Waals surface area contributed by atoms with Crippen molar-refractivity contribution in [1.29, 1.82) is 10.5 Å². The SMILES string of the molecule is CN(C)[C@H]1CCN(c2ccnc3c2cc(C#N)c2nc4ccccc4n23)C1.CNC(=O)c1cc2c(N3CC[C@H](N(C)C)C3)ccnc2n2c1nc1ccccc12.Cc1cc(N2CC[C@@H](N(C)C)C2)c2cc(C#N)c3nc4ccccc4n3c2n1.Cc1cc(N2CC[C@@H](N(C)C)C2)c2cc(C(=O)NC(C)C)c3nc4ccccc4n3c2n1. The van der Waals surface area contributed by atoms with Gasteiger partial charge in [-0.15, -0.1) is 0 Å². The molecule has 12 aromatic heterocycles. The van der Waals surface area contributed by atoms with Gasteiger partial charge in [-0.1, -0.05) is 48.5 Å². The smallest absolute Gasteiger partial charge is 0.255 e. The van der Waals surface area contributed by atoms with E-state index in [1.807, 2.05) is 175 Å². The van der Waals surface area contributed by atoms with Gasteiger partial charge in [-0.05, 0) is 207 Å². The van der Waals surface area contributed by atoms with E-state index >= 15 is 0 Å². The lowest BCUT2D eigenvalue weighted by Crippen LogP contribution is -2.32. The molecule has 2 N–H and O–H groups in total. The summed E-state index contributed by atoms with van der Waals surface area (Å²) in [6.07, 6.45) is 8.23. The standard InChI is InChI=1S/C25H30N6O.C22H24N6O.C22H22N6.C21H20N6/c1-15(2)26-25(32)19-13-18-22(30-11-10-17(14-30)29(4)5)12-16(3)27-23(18)31-21-9-7-6-8-20(21)28-24(19)31;1-23-22(29)16-12-15-18(27-11-9-14(13-27)26(2)3)8-10-24-20(15)28-19-7-5-4-6-17(19)25-21(16)28;1-14-10-20(27-9-8-16(13-27)26(2)3)17-11-15(12-23)21-25-18-6-4-5-7-19(18)28(21)22(17)24-14;1-25(2)15-8-10-26(13-15)18-7-9-23-21-16(18)11-14(12-22)20-24-17-5-3-4-6-19(17)27(20)21/h6-9,12-13,15,17H,10-11,14H2,1-5H3,(H,26,32);4-8,10,12,14H,9,11,13H2,1-3H3,(H,23,29);4-7,10-11,16H,8-9,13H2,1-3H3;3-7,9,11,15H,8,10,13H2,1-2H3/t17-;14-;16-;15-/m1010/s1. The Morgan fingerprint density at radius 1 is 0.397 bits per heavy atom. The quantitative estimate of drug-likeness (QED) is 0.122. The van der Waals surface area contributed by atoms with E-state index in [-0.39, 0.29) is 17.9 Å². The molecule has 116 heavy (non-hydrogen) atoms. The number of para-hydroxylation sites is 8. The van der Waals surface area contributed by atoms with E-state index in [9.17, 15) is 20.1 Å². The molecule has 4 saturated heterocycles. The third-order valence-corrected chi connectivity index (χ3v) is 23.7. The first-order valence-electron chi connectivity index (χ1n) is 39.9. The maximum atomic E-state index is 13.2. The Bertz CT molecular complexity index is 6660. The van der Waals surface area contributed by atoms with E-state index in [0.717, 1.165) is 200 Å². The summed E-state index contributed by atoms with van der Waals surface area (Å²) >= 11 is 0. The van der Waals surface area contributed by atoms with Crippen LogP contribution in [0.15, 0.2) is 158 Å². The van der Waals surface area contributed by atoms with Gasteiger partial charge in [0, 0.05) is 158 Å². The normalized spacial score (nSPS) is 17.1. The third kappa shape index (κ3) is 13.6. The first kappa shape index (κ1) is 75.9. The molecule has 2 amide bonds. The highest BCUT2D eigenvalue weighted by atomic mass is 16.2. The number of carbonyl (C=O) groups excluding carboxylic acids is 2. The zero-order valence-corrected chi connectivity index (χ0v) is 68.0. The lowest BCUT2D eigenvalue weighted by atomic mass is 10.1. The van der Waals surface area contributed by atoms with E-state index < -0.39 is 0 Å². The van der Waals surface area contributed by atoms with Crippen LogP contribution in [0.5, 0.6) is 0 Å². The number of aryl methyl sites for hydroxylation is 2. The summed E-state index contributed by atoms with van der Waals surface area (Å²) in [6.45, 7) is 15.9. The molecule has 4 fully saturated rings. The molecular weight excluding hydrogens is 1450 g/mol. The lowest BCUT2D eigenvalue weighted by Gasteiger charge is -2.24. The highest BCUT2D eigenvalue weighted by molar-refractivity contribution is 6.10. The number of hydrogen-bond donors (Lipinski definition) is 2. The van der Waals surface area contributed by atoms with E-state index in [1.165, 1.54) is 0 Å². The summed E-state index contributed by atoms with van der Waals surface area (Å²) in [7, 11) is 18.7. The van der Waals surface area contributed by atoms with Crippen molar-refractivity contribution in [3.8, 4) is 12.1 Å². The van der Waals surface area contributed by atoms with Crippen LogP contribution in [0.2, 0.25) is 0 Å². The summed E-state index contributed by atoms with van der Waals surface area (Å²) in [6, 6.07) is 55.0. The number of pyridine rings is 8. The number of amides is 2. The second-order valence-corrected chi connectivity index (χ2v) is 32.3. The van der Waals surface area contributed by atoms with Gasteiger partial charge in [-0.2, -0.15) is 10.5 Å². The molecule has 26 nitrogen and oxygen atoms in total. The number of nitrogens with one attached hydrogen (secondary N) is 2. The van der Waals surface area contributed by atoms with Gasteiger partial charge in [0.05, 0.1) is 66.4 Å². The summed E-state index contributed by atoms with van der Waals surface area (Å²) in [5, 5.41) is 29.3. The first-order chi connectivity index (χ1) is 56.1. The minimum atomic E-state index is -0.144. The topological polar surface area (TPSA) is 252 Å². The van der Waals surface area contributed by atoms with Gasteiger partial charge in [0.2, 0.25) is 0 Å². The Morgan fingerprint density at radius 3 is 1.06 bits per heavy atom. The molecule has 0 radical (unpaired) electrons. The minimum absolute atomic E-state index is 0.0395. The molecule has 4 atom stereocenters. The van der Waals surface area contributed by atoms with Crippen LogP contribution in [0.1, 0.15) is 82.8 Å². The van der Waals surface area contributed by atoms with Crippen LogP contribution in [-0.4, -0.2) is 235 Å². The van der Waals surface area contributed by atoms with Crippen LogP contribution >= 0.6 is 0 Å². The van der Waals surface area contributed by atoms with Gasteiger partial charge >= 0.3 is 0 Å². The fraction of sp³-hybridized carbons (Fsp3) is 0.333. The van der Waals surface area contributed by atoms with E-state index in [4.69, 9.17) is 29.9 Å². The van der Waals surface area contributed by atoms with Crippen molar-refractivity contribution < 1.29 is 9.59 Å². The van der Waals surface area contributed by atoms with Crippen LogP contribution in [0.25, 0.3) is 111 Å². The number of rotatable bonds is 11. The zero-order chi connectivity index (χ0) is 80.6. The van der Waals surface area contributed by atoms with Crippen molar-refractivity contribution in [3.05, 3.63) is 192 Å². The van der Waals surface area contributed by atoms with E-state index in [2.05, 4.69) is 157 Å². The summed E-state index contributed by atoms with van der Waals surface area (Å²) in [4.78, 5) is 82.9. The van der Waals surface area contributed by atoms with Gasteiger partial charge in [-0.25, -0.2) is 39.9 Å². The largest absolute Gasteiger partial charge is 0.369 e. The second-order valence-electron chi connectivity index (χ2n) is 32.3.